The highest BCUT2D eigenvalue weighted by Gasteiger charge is 2.64. The molecule has 1 saturated heterocycles. The van der Waals surface area contributed by atoms with Crippen LogP contribution in [0.1, 0.15) is 54.4 Å². The molecular weight excluding hydrogens is 484 g/mol. The van der Waals surface area contributed by atoms with E-state index >= 15 is 0 Å². The fourth-order valence-electron chi connectivity index (χ4n) is 3.50. The largest absolute Gasteiger partial charge is 0.463 e. The Hall–Kier alpha value is -2.77. The van der Waals surface area contributed by atoms with Crippen LogP contribution in [0.25, 0.3) is 0 Å². The molecule has 0 aliphatic carbocycles. The van der Waals surface area contributed by atoms with Gasteiger partial charge in [-0.15, -0.1) is 0 Å². The van der Waals surface area contributed by atoms with Crippen LogP contribution in [0.4, 0.5) is 0 Å². The zero-order valence-corrected chi connectivity index (χ0v) is 21.6. The maximum Gasteiger partial charge on any atom is 0.305 e. The van der Waals surface area contributed by atoms with Crippen molar-refractivity contribution in [2.75, 3.05) is 33.0 Å². The maximum atomic E-state index is 12.2. The highest BCUT2D eigenvalue weighted by molar-refractivity contribution is 5.70. The van der Waals surface area contributed by atoms with Crippen molar-refractivity contribution in [1.82, 2.24) is 0 Å². The molecule has 36 heavy (non-hydrogen) atoms. The van der Waals surface area contributed by atoms with Gasteiger partial charge in [0.2, 0.25) is 11.9 Å². The number of hydrogen-bond donors (Lipinski definition) is 0. The van der Waals surface area contributed by atoms with Gasteiger partial charge in [-0.2, -0.15) is 0 Å². The topological polar surface area (TPSA) is 159 Å². The van der Waals surface area contributed by atoms with Gasteiger partial charge in [0.15, 0.2) is 12.2 Å². The third-order valence-electron chi connectivity index (χ3n) is 4.84. The second-order valence-electron chi connectivity index (χ2n) is 8.09. The minimum atomic E-state index is -2.08. The molecule has 0 spiro atoms. The Balaban J connectivity index is 3.45. The highest BCUT2D eigenvalue weighted by atomic mass is 16.8. The molecule has 1 unspecified atom stereocenters. The Morgan fingerprint density at radius 2 is 1.36 bits per heavy atom. The zero-order valence-electron chi connectivity index (χ0n) is 21.6. The molecule has 0 saturated carbocycles. The molecule has 0 aromatic carbocycles. The minimum absolute atomic E-state index is 0.0431. The van der Waals surface area contributed by atoms with Gasteiger partial charge >= 0.3 is 29.8 Å². The van der Waals surface area contributed by atoms with E-state index in [2.05, 4.69) is 0 Å². The van der Waals surface area contributed by atoms with Crippen LogP contribution in [0.2, 0.25) is 0 Å². The molecule has 13 nitrogen and oxygen atoms in total. The Bertz CT molecular complexity index is 767. The van der Waals surface area contributed by atoms with Gasteiger partial charge < -0.3 is 37.9 Å². The highest BCUT2D eigenvalue weighted by Crippen LogP contribution is 2.38. The molecule has 1 heterocycles. The standard InChI is InChI=1S/C23H36O13/c1-7-8-9-29-10-11-30-13-23(36-18(6)28)21(33-16(4)26)20(32-15(3)25)19(12-31-14(2)24)35-22(23)34-17(5)27/h19-22H,7-13H2,1-6H3/t19-,20-,21+,22?,23+/m1/s1. The fraction of sp³-hybridized carbons (Fsp3) is 0.783. The number of ether oxygens (including phenoxy) is 8. The maximum absolute atomic E-state index is 12.2. The lowest BCUT2D eigenvalue weighted by atomic mass is 9.86. The van der Waals surface area contributed by atoms with Crippen LogP contribution in [0.3, 0.4) is 0 Å². The molecule has 13 heteroatoms. The van der Waals surface area contributed by atoms with Gasteiger partial charge in [-0.3, -0.25) is 24.0 Å². The first-order chi connectivity index (χ1) is 16.9. The lowest BCUT2D eigenvalue weighted by Gasteiger charge is -2.50. The first-order valence-corrected chi connectivity index (χ1v) is 11.6. The smallest absolute Gasteiger partial charge is 0.305 e. The molecular formula is C23H36O13. The van der Waals surface area contributed by atoms with Crippen molar-refractivity contribution >= 4 is 29.8 Å². The summed E-state index contributed by atoms with van der Waals surface area (Å²) in [7, 11) is 0. The van der Waals surface area contributed by atoms with Crippen molar-refractivity contribution in [3.05, 3.63) is 0 Å². The molecule has 0 N–H and O–H groups in total. The molecule has 1 rings (SSSR count). The van der Waals surface area contributed by atoms with Crippen LogP contribution < -0.4 is 0 Å². The van der Waals surface area contributed by atoms with E-state index in [-0.39, 0.29) is 13.2 Å². The average molecular weight is 521 g/mol. The first-order valence-electron chi connectivity index (χ1n) is 11.6. The number of rotatable bonds is 14. The number of hydrogen-bond acceptors (Lipinski definition) is 13. The number of carbonyl (C=O) groups excluding carboxylic acids is 5. The molecule has 0 amide bonds. The monoisotopic (exact) mass is 520 g/mol. The molecule has 5 atom stereocenters. The Labute approximate surface area is 209 Å². The van der Waals surface area contributed by atoms with Crippen molar-refractivity contribution in [1.29, 1.82) is 0 Å². The molecule has 0 bridgehead atoms. The van der Waals surface area contributed by atoms with Crippen molar-refractivity contribution < 1.29 is 61.9 Å². The van der Waals surface area contributed by atoms with E-state index in [4.69, 9.17) is 37.9 Å². The third kappa shape index (κ3) is 10.1. The fourth-order valence-corrected chi connectivity index (χ4v) is 3.50. The summed E-state index contributed by atoms with van der Waals surface area (Å²) in [4.78, 5) is 59.6. The Morgan fingerprint density at radius 1 is 0.750 bits per heavy atom. The second kappa shape index (κ2) is 15.4. The molecule has 0 radical (unpaired) electrons. The van der Waals surface area contributed by atoms with E-state index in [1.165, 1.54) is 0 Å². The van der Waals surface area contributed by atoms with Crippen LogP contribution in [0.5, 0.6) is 0 Å². The second-order valence-corrected chi connectivity index (χ2v) is 8.09. The predicted octanol–water partition coefficient (Wildman–Crippen LogP) is 0.836. The van der Waals surface area contributed by atoms with E-state index in [1.54, 1.807) is 0 Å². The quantitative estimate of drug-likeness (QED) is 0.180. The molecule has 206 valence electrons. The van der Waals surface area contributed by atoms with E-state index in [0.717, 1.165) is 47.5 Å². The SMILES string of the molecule is CCCCOCCOC[C@@]1(OC(C)=O)C(OC(C)=O)O[C@H](COC(C)=O)[C@@H](OC(C)=O)[C@@H]1OC(C)=O. The van der Waals surface area contributed by atoms with Crippen molar-refractivity contribution in [2.24, 2.45) is 0 Å². The van der Waals surface area contributed by atoms with Gasteiger partial charge in [0.05, 0.1) is 19.8 Å². The summed E-state index contributed by atoms with van der Waals surface area (Å²) >= 11 is 0. The molecule has 1 aliphatic heterocycles. The van der Waals surface area contributed by atoms with Gasteiger partial charge in [0.25, 0.3) is 0 Å². The van der Waals surface area contributed by atoms with Crippen LogP contribution >= 0.6 is 0 Å². The van der Waals surface area contributed by atoms with E-state index < -0.39 is 73.3 Å². The van der Waals surface area contributed by atoms with Gasteiger partial charge in [-0.1, -0.05) is 13.3 Å². The molecule has 0 aromatic heterocycles. The molecule has 1 fully saturated rings. The normalized spacial score (nSPS) is 25.4. The van der Waals surface area contributed by atoms with Crippen LogP contribution in [0, 0.1) is 0 Å². The van der Waals surface area contributed by atoms with E-state index in [0.29, 0.717) is 6.61 Å². The van der Waals surface area contributed by atoms with E-state index in [1.807, 2.05) is 6.92 Å². The van der Waals surface area contributed by atoms with Gasteiger partial charge in [0.1, 0.15) is 12.7 Å². The van der Waals surface area contributed by atoms with Crippen molar-refractivity contribution in [2.45, 2.75) is 84.6 Å². The number of unbranched alkanes of at least 4 members (excludes halogenated alkanes) is 1. The van der Waals surface area contributed by atoms with Crippen LogP contribution in [-0.2, 0) is 61.9 Å². The summed E-state index contributed by atoms with van der Waals surface area (Å²) < 4.78 is 43.6. The summed E-state index contributed by atoms with van der Waals surface area (Å²) in [6.45, 7) is 7.35. The lowest BCUT2D eigenvalue weighted by Crippen LogP contribution is -2.72. The number of carbonyl (C=O) groups is 5. The van der Waals surface area contributed by atoms with Crippen LogP contribution in [-0.4, -0.2) is 93.1 Å². The van der Waals surface area contributed by atoms with Gasteiger partial charge in [-0.05, 0) is 6.42 Å². The summed E-state index contributed by atoms with van der Waals surface area (Å²) in [5.74, 6) is -3.96. The summed E-state index contributed by atoms with van der Waals surface area (Å²) in [6.07, 6.45) is -4.12. The Morgan fingerprint density at radius 3 is 1.89 bits per heavy atom. The predicted molar refractivity (Wildman–Crippen MR) is 119 cm³/mol. The van der Waals surface area contributed by atoms with Crippen molar-refractivity contribution in [3.63, 3.8) is 0 Å². The van der Waals surface area contributed by atoms with E-state index in [9.17, 15) is 24.0 Å². The van der Waals surface area contributed by atoms with Crippen LogP contribution in [0.15, 0.2) is 0 Å². The lowest BCUT2D eigenvalue weighted by molar-refractivity contribution is -0.344. The number of esters is 5. The van der Waals surface area contributed by atoms with Gasteiger partial charge in [-0.25, -0.2) is 0 Å². The molecule has 1 aliphatic rings. The third-order valence-corrected chi connectivity index (χ3v) is 4.84. The summed E-state index contributed by atoms with van der Waals surface area (Å²) in [5, 5.41) is 0. The minimum Gasteiger partial charge on any atom is -0.463 e. The summed E-state index contributed by atoms with van der Waals surface area (Å²) in [5.41, 5.74) is -2.08. The molecule has 0 aromatic rings. The zero-order chi connectivity index (χ0) is 27.3. The summed E-state index contributed by atoms with van der Waals surface area (Å²) in [6, 6.07) is 0. The first kappa shape index (κ1) is 31.3. The Kier molecular flexibility index (Phi) is 13.3. The van der Waals surface area contributed by atoms with Gasteiger partial charge in [0, 0.05) is 41.2 Å². The van der Waals surface area contributed by atoms with Crippen molar-refractivity contribution in [3.8, 4) is 0 Å². The average Bonchev–Trinajstić information content (AvgIpc) is 2.75.